The van der Waals surface area contributed by atoms with Gasteiger partial charge in [-0.15, -0.1) is 0 Å². The molecular weight excluding hydrogens is 492 g/mol. The van der Waals surface area contributed by atoms with Crippen LogP contribution < -0.4 is 20.0 Å². The van der Waals surface area contributed by atoms with E-state index in [1.165, 1.54) is 0 Å². The van der Waals surface area contributed by atoms with Crippen molar-refractivity contribution in [3.05, 3.63) is 41.9 Å². The van der Waals surface area contributed by atoms with Crippen LogP contribution >= 0.6 is 0 Å². The van der Waals surface area contributed by atoms with Crippen LogP contribution in [0.2, 0.25) is 0 Å². The predicted molar refractivity (Wildman–Crippen MR) is 151 cm³/mol. The zero-order valence-electron chi connectivity index (χ0n) is 22.8. The minimum Gasteiger partial charge on any atom is -0.370 e. The second-order valence-corrected chi connectivity index (χ2v) is 10.7. The van der Waals surface area contributed by atoms with Crippen LogP contribution in [0.25, 0.3) is 11.0 Å². The number of fused-ring (bicyclic) bond motifs is 1. The van der Waals surface area contributed by atoms with Crippen molar-refractivity contribution in [1.82, 2.24) is 30.2 Å². The number of aromatic nitrogens is 4. The molecule has 0 spiro atoms. The molecule has 0 saturated carbocycles. The van der Waals surface area contributed by atoms with Crippen LogP contribution in [0.3, 0.4) is 0 Å². The van der Waals surface area contributed by atoms with Gasteiger partial charge < -0.3 is 24.8 Å². The Hall–Kier alpha value is -3.59. The molecule has 0 unspecified atom stereocenters. The lowest BCUT2D eigenvalue weighted by molar-refractivity contribution is -0.0327. The fraction of sp³-hybridized carbons (Fsp3) is 0.536. The first-order valence-corrected chi connectivity index (χ1v) is 13.9. The molecule has 3 aliphatic rings. The highest BCUT2D eigenvalue weighted by Crippen LogP contribution is 2.29. The van der Waals surface area contributed by atoms with E-state index in [4.69, 9.17) is 14.7 Å². The van der Waals surface area contributed by atoms with Crippen LogP contribution in [0.1, 0.15) is 18.2 Å². The first-order chi connectivity index (χ1) is 19.1. The summed E-state index contributed by atoms with van der Waals surface area (Å²) in [5.41, 5.74) is 4.02. The van der Waals surface area contributed by atoms with Gasteiger partial charge in [0.25, 0.3) is 0 Å². The van der Waals surface area contributed by atoms with Crippen molar-refractivity contribution in [2.24, 2.45) is 0 Å². The Bertz CT molecular complexity index is 1350. The minimum absolute atomic E-state index is 0.0864. The highest BCUT2D eigenvalue weighted by atomic mass is 16.5. The summed E-state index contributed by atoms with van der Waals surface area (Å²) in [4.78, 5) is 28.2. The molecule has 204 valence electrons. The van der Waals surface area contributed by atoms with E-state index >= 15 is 0 Å². The van der Waals surface area contributed by atoms with Crippen molar-refractivity contribution in [2.45, 2.75) is 26.1 Å². The lowest BCUT2D eigenvalue weighted by Gasteiger charge is -2.42. The topological polar surface area (TPSA) is 110 Å². The molecule has 3 aromatic rings. The van der Waals surface area contributed by atoms with E-state index in [0.29, 0.717) is 11.1 Å². The fourth-order valence-corrected chi connectivity index (χ4v) is 5.88. The normalized spacial score (nSPS) is 22.7. The van der Waals surface area contributed by atoms with Gasteiger partial charge >= 0.3 is 0 Å². The lowest BCUT2D eigenvalue weighted by Crippen LogP contribution is -2.54. The van der Waals surface area contributed by atoms with Gasteiger partial charge in [0.2, 0.25) is 5.95 Å². The third kappa shape index (κ3) is 5.59. The van der Waals surface area contributed by atoms with Crippen LogP contribution in [0.4, 0.5) is 17.5 Å². The fourth-order valence-electron chi connectivity index (χ4n) is 5.88. The van der Waals surface area contributed by atoms with E-state index in [1.54, 1.807) is 12.4 Å². The zero-order chi connectivity index (χ0) is 26.8. The molecule has 11 nitrogen and oxygen atoms in total. The zero-order valence-corrected chi connectivity index (χ0v) is 22.8. The summed E-state index contributed by atoms with van der Waals surface area (Å²) in [6.45, 7) is 14.2. The number of nitrogens with zero attached hydrogens (tertiary/aromatic N) is 9. The molecule has 0 aliphatic carbocycles. The summed E-state index contributed by atoms with van der Waals surface area (Å²) in [7, 11) is 0. The number of ether oxygens (including phenoxy) is 1. The molecular formula is C28H36N10O. The van der Waals surface area contributed by atoms with Gasteiger partial charge in [0.05, 0.1) is 23.5 Å². The number of hydrogen-bond acceptors (Lipinski definition) is 11. The molecule has 0 amide bonds. The van der Waals surface area contributed by atoms with Gasteiger partial charge in [-0.05, 0) is 26.0 Å². The third-order valence-corrected chi connectivity index (χ3v) is 7.78. The van der Waals surface area contributed by atoms with Crippen molar-refractivity contribution < 1.29 is 4.74 Å². The maximum absolute atomic E-state index is 9.51. The number of hydrogen-bond donors (Lipinski definition) is 1. The average Bonchev–Trinajstić information content (AvgIpc) is 2.97. The summed E-state index contributed by atoms with van der Waals surface area (Å²) in [5, 5.41) is 12.9. The summed E-state index contributed by atoms with van der Waals surface area (Å²) < 4.78 is 6.39. The summed E-state index contributed by atoms with van der Waals surface area (Å²) in [5.74, 6) is 1.87. The van der Waals surface area contributed by atoms with E-state index in [-0.39, 0.29) is 12.2 Å². The molecule has 0 radical (unpaired) electrons. The van der Waals surface area contributed by atoms with Gasteiger partial charge in [-0.3, -0.25) is 14.9 Å². The van der Waals surface area contributed by atoms with Crippen molar-refractivity contribution in [2.75, 3.05) is 86.7 Å². The number of nitriles is 1. The molecule has 39 heavy (non-hydrogen) atoms. The second-order valence-electron chi connectivity index (χ2n) is 10.7. The molecule has 2 atom stereocenters. The number of nitrogens with one attached hydrogen (secondary N) is 1. The van der Waals surface area contributed by atoms with Crippen LogP contribution in [0, 0.1) is 18.3 Å². The molecule has 3 saturated heterocycles. The third-order valence-electron chi connectivity index (χ3n) is 7.78. The van der Waals surface area contributed by atoms with Gasteiger partial charge in [-0.25, -0.2) is 4.98 Å². The Morgan fingerprint density at radius 2 is 1.72 bits per heavy atom. The Morgan fingerprint density at radius 1 is 0.949 bits per heavy atom. The predicted octanol–water partition coefficient (Wildman–Crippen LogP) is 1.43. The monoisotopic (exact) mass is 528 g/mol. The van der Waals surface area contributed by atoms with E-state index in [0.717, 1.165) is 101 Å². The molecule has 1 N–H and O–H groups in total. The molecule has 6 rings (SSSR count). The largest absolute Gasteiger partial charge is 0.370 e. The minimum atomic E-state index is 0.0864. The molecule has 3 fully saturated rings. The Labute approximate surface area is 229 Å². The molecule has 5 heterocycles. The number of benzene rings is 1. The lowest BCUT2D eigenvalue weighted by atomic mass is 10.1. The van der Waals surface area contributed by atoms with Crippen LogP contribution in [-0.2, 0) is 4.74 Å². The molecule has 2 aromatic heterocycles. The van der Waals surface area contributed by atoms with Crippen molar-refractivity contribution in [3.8, 4) is 6.07 Å². The summed E-state index contributed by atoms with van der Waals surface area (Å²) in [6, 6.07) is 8.20. The van der Waals surface area contributed by atoms with E-state index in [1.807, 2.05) is 12.1 Å². The molecule has 1 aromatic carbocycles. The number of anilines is 3. The van der Waals surface area contributed by atoms with Crippen molar-refractivity contribution in [3.63, 3.8) is 0 Å². The smallest absolute Gasteiger partial charge is 0.227 e. The Balaban J connectivity index is 1.10. The first kappa shape index (κ1) is 25.7. The number of aryl methyl sites for hydroxylation is 1. The van der Waals surface area contributed by atoms with Gasteiger partial charge in [0, 0.05) is 96.1 Å². The standard InChI is InChI=1S/C28H36N10O/c1-20-15-25(34-28(33-20)37-9-7-30-8-10-37)36-13-11-35(12-14-36)18-23-19-38(17-21(2)39-23)24-4-3-22(16-29)26-27(24)32-6-5-31-26/h3-6,15,21,23,30H,7-14,17-19H2,1-2H3/t21-,23+/m1/s1. The number of morpholine rings is 1. The maximum atomic E-state index is 9.51. The summed E-state index contributed by atoms with van der Waals surface area (Å²) in [6.07, 6.45) is 3.52. The highest BCUT2D eigenvalue weighted by molar-refractivity contribution is 5.92. The highest BCUT2D eigenvalue weighted by Gasteiger charge is 2.30. The Kier molecular flexibility index (Phi) is 7.41. The molecule has 3 aliphatic heterocycles. The van der Waals surface area contributed by atoms with Gasteiger partial charge in [-0.1, -0.05) is 0 Å². The van der Waals surface area contributed by atoms with Crippen molar-refractivity contribution >= 4 is 28.5 Å². The quantitative estimate of drug-likeness (QED) is 0.519. The number of rotatable bonds is 5. The van der Waals surface area contributed by atoms with E-state index in [2.05, 4.69) is 60.9 Å². The van der Waals surface area contributed by atoms with E-state index < -0.39 is 0 Å². The van der Waals surface area contributed by atoms with Crippen LogP contribution in [0.15, 0.2) is 30.6 Å². The summed E-state index contributed by atoms with van der Waals surface area (Å²) >= 11 is 0. The second kappa shape index (κ2) is 11.3. The average molecular weight is 529 g/mol. The van der Waals surface area contributed by atoms with Crippen LogP contribution in [0.5, 0.6) is 0 Å². The molecule has 0 bridgehead atoms. The van der Waals surface area contributed by atoms with E-state index in [9.17, 15) is 5.26 Å². The van der Waals surface area contributed by atoms with Crippen LogP contribution in [-0.4, -0.2) is 109 Å². The maximum Gasteiger partial charge on any atom is 0.227 e. The van der Waals surface area contributed by atoms with Gasteiger partial charge in [0.1, 0.15) is 22.9 Å². The SMILES string of the molecule is Cc1cc(N2CCN(C[C@H]3CN(c4ccc(C#N)c5nccnc45)C[C@@H](C)O3)CC2)nc(N2CCNCC2)n1. The first-order valence-electron chi connectivity index (χ1n) is 13.9. The number of piperazine rings is 2. The van der Waals surface area contributed by atoms with Crippen molar-refractivity contribution in [1.29, 1.82) is 5.26 Å². The van der Waals surface area contributed by atoms with Gasteiger partial charge in [0.15, 0.2) is 0 Å². The molecule has 11 heteroatoms. The Morgan fingerprint density at radius 3 is 2.49 bits per heavy atom. The van der Waals surface area contributed by atoms with Gasteiger partial charge in [-0.2, -0.15) is 10.2 Å².